The van der Waals surface area contributed by atoms with Crippen LogP contribution in [-0.4, -0.2) is 18.6 Å². The van der Waals surface area contributed by atoms with Crippen molar-refractivity contribution in [1.29, 1.82) is 0 Å². The molecule has 72 valence electrons. The van der Waals surface area contributed by atoms with Gasteiger partial charge in [-0.1, -0.05) is 18.2 Å². The van der Waals surface area contributed by atoms with Crippen molar-refractivity contribution in [2.24, 2.45) is 0 Å². The van der Waals surface area contributed by atoms with Crippen LogP contribution in [0.3, 0.4) is 0 Å². The highest BCUT2D eigenvalue weighted by molar-refractivity contribution is 7.98. The zero-order valence-corrected chi connectivity index (χ0v) is 9.28. The first-order valence-corrected chi connectivity index (χ1v) is 5.83. The first-order valence-electron chi connectivity index (χ1n) is 4.43. The molecule has 0 unspecified atom stereocenters. The van der Waals surface area contributed by atoms with Crippen molar-refractivity contribution in [1.82, 2.24) is 0 Å². The quantitative estimate of drug-likeness (QED) is 0.684. The van der Waals surface area contributed by atoms with Gasteiger partial charge >= 0.3 is 0 Å². The van der Waals surface area contributed by atoms with Crippen molar-refractivity contribution in [2.75, 3.05) is 18.6 Å². The third-order valence-corrected chi connectivity index (χ3v) is 2.52. The van der Waals surface area contributed by atoms with Crippen LogP contribution in [0, 0.1) is 13.8 Å². The standard InChI is InChI=1S/C11H16OS/c1-9-5-4-6-10(2)11(9)12-7-8-13-3/h4-6H,7-8H2,1-3H3. The molecule has 0 N–H and O–H groups in total. The van der Waals surface area contributed by atoms with E-state index in [4.69, 9.17) is 4.74 Å². The summed E-state index contributed by atoms with van der Waals surface area (Å²) in [7, 11) is 0. The smallest absolute Gasteiger partial charge is 0.125 e. The Morgan fingerprint density at radius 2 is 1.85 bits per heavy atom. The number of thioether (sulfide) groups is 1. The Bertz CT molecular complexity index is 251. The summed E-state index contributed by atoms with van der Waals surface area (Å²) in [4.78, 5) is 0. The van der Waals surface area contributed by atoms with Crippen LogP contribution in [0.5, 0.6) is 5.75 Å². The maximum Gasteiger partial charge on any atom is 0.125 e. The summed E-state index contributed by atoms with van der Waals surface area (Å²) in [6, 6.07) is 6.23. The minimum Gasteiger partial charge on any atom is -0.492 e. The molecular weight excluding hydrogens is 180 g/mol. The monoisotopic (exact) mass is 196 g/mol. The lowest BCUT2D eigenvalue weighted by atomic mass is 10.1. The summed E-state index contributed by atoms with van der Waals surface area (Å²) in [5, 5.41) is 0. The number of hydrogen-bond donors (Lipinski definition) is 0. The van der Waals surface area contributed by atoms with Gasteiger partial charge in [-0.2, -0.15) is 11.8 Å². The summed E-state index contributed by atoms with van der Waals surface area (Å²) < 4.78 is 5.69. The van der Waals surface area contributed by atoms with Crippen molar-refractivity contribution in [3.63, 3.8) is 0 Å². The van der Waals surface area contributed by atoms with Crippen LogP contribution < -0.4 is 4.74 Å². The molecule has 0 spiro atoms. The first kappa shape index (κ1) is 10.5. The van der Waals surface area contributed by atoms with Crippen molar-refractivity contribution in [3.8, 4) is 5.75 Å². The molecule has 1 nitrogen and oxygen atoms in total. The van der Waals surface area contributed by atoms with Crippen molar-refractivity contribution in [2.45, 2.75) is 13.8 Å². The molecule has 0 fully saturated rings. The summed E-state index contributed by atoms with van der Waals surface area (Å²) in [5.41, 5.74) is 2.45. The second kappa shape index (κ2) is 5.18. The first-order chi connectivity index (χ1) is 6.25. The molecule has 0 aliphatic carbocycles. The molecule has 1 rings (SSSR count). The fourth-order valence-corrected chi connectivity index (χ4v) is 1.50. The number of aryl methyl sites for hydroxylation is 2. The second-order valence-corrected chi connectivity index (χ2v) is 4.05. The molecule has 0 saturated heterocycles. The Labute approximate surface area is 84.5 Å². The molecule has 0 atom stereocenters. The number of ether oxygens (including phenoxy) is 1. The molecule has 13 heavy (non-hydrogen) atoms. The maximum atomic E-state index is 5.69. The molecule has 0 aliphatic rings. The fourth-order valence-electron chi connectivity index (χ4n) is 1.25. The number of benzene rings is 1. The van der Waals surface area contributed by atoms with E-state index in [1.807, 2.05) is 11.8 Å². The van der Waals surface area contributed by atoms with Gasteiger partial charge in [-0.15, -0.1) is 0 Å². The van der Waals surface area contributed by atoms with Gasteiger partial charge in [0.25, 0.3) is 0 Å². The fraction of sp³-hybridized carbons (Fsp3) is 0.455. The van der Waals surface area contributed by atoms with Gasteiger partial charge in [-0.25, -0.2) is 0 Å². The Hall–Kier alpha value is -0.630. The summed E-state index contributed by atoms with van der Waals surface area (Å²) in [5.74, 6) is 2.10. The summed E-state index contributed by atoms with van der Waals surface area (Å²) >= 11 is 1.81. The summed E-state index contributed by atoms with van der Waals surface area (Å²) in [6.45, 7) is 4.97. The molecule has 0 bridgehead atoms. The van der Waals surface area contributed by atoms with E-state index in [0.717, 1.165) is 18.1 Å². The minimum absolute atomic E-state index is 0.798. The molecule has 0 aromatic heterocycles. The van der Waals surface area contributed by atoms with Gasteiger partial charge in [0.15, 0.2) is 0 Å². The number of para-hydroxylation sites is 1. The van der Waals surface area contributed by atoms with Crippen LogP contribution in [0.1, 0.15) is 11.1 Å². The van der Waals surface area contributed by atoms with Gasteiger partial charge in [0.05, 0.1) is 6.61 Å². The van der Waals surface area contributed by atoms with E-state index in [0.29, 0.717) is 0 Å². The lowest BCUT2D eigenvalue weighted by Crippen LogP contribution is -2.02. The van der Waals surface area contributed by atoms with Gasteiger partial charge < -0.3 is 4.74 Å². The van der Waals surface area contributed by atoms with Crippen molar-refractivity contribution < 1.29 is 4.74 Å². The average Bonchev–Trinajstić information content (AvgIpc) is 2.10. The molecule has 0 saturated carbocycles. The zero-order chi connectivity index (χ0) is 9.68. The van der Waals surface area contributed by atoms with E-state index in [2.05, 4.69) is 38.3 Å². The van der Waals surface area contributed by atoms with Crippen LogP contribution in [0.15, 0.2) is 18.2 Å². The number of rotatable bonds is 4. The van der Waals surface area contributed by atoms with Crippen molar-refractivity contribution >= 4 is 11.8 Å². The summed E-state index contributed by atoms with van der Waals surface area (Å²) in [6.07, 6.45) is 2.09. The number of hydrogen-bond acceptors (Lipinski definition) is 2. The van der Waals surface area contributed by atoms with E-state index < -0.39 is 0 Å². The van der Waals surface area contributed by atoms with Crippen LogP contribution in [0.4, 0.5) is 0 Å². The highest BCUT2D eigenvalue weighted by Gasteiger charge is 2.01. The third-order valence-electron chi connectivity index (χ3n) is 1.94. The van der Waals surface area contributed by atoms with Gasteiger partial charge in [0.1, 0.15) is 5.75 Å². The normalized spacial score (nSPS) is 10.1. The predicted molar refractivity (Wildman–Crippen MR) is 59.8 cm³/mol. The Morgan fingerprint density at radius 3 is 2.38 bits per heavy atom. The molecular formula is C11H16OS. The lowest BCUT2D eigenvalue weighted by Gasteiger charge is -2.10. The SMILES string of the molecule is CSCCOc1c(C)cccc1C. The predicted octanol–water partition coefficient (Wildman–Crippen LogP) is 3.05. The molecule has 0 amide bonds. The van der Waals surface area contributed by atoms with Gasteiger partial charge in [0.2, 0.25) is 0 Å². The lowest BCUT2D eigenvalue weighted by molar-refractivity contribution is 0.339. The molecule has 0 radical (unpaired) electrons. The van der Waals surface area contributed by atoms with Crippen LogP contribution >= 0.6 is 11.8 Å². The van der Waals surface area contributed by atoms with E-state index in [1.165, 1.54) is 11.1 Å². The Morgan fingerprint density at radius 1 is 1.23 bits per heavy atom. The molecule has 0 aliphatic heterocycles. The van der Waals surface area contributed by atoms with Crippen molar-refractivity contribution in [3.05, 3.63) is 29.3 Å². The van der Waals surface area contributed by atoms with E-state index in [1.54, 1.807) is 0 Å². The van der Waals surface area contributed by atoms with Crippen LogP contribution in [0.25, 0.3) is 0 Å². The molecule has 1 aromatic carbocycles. The molecule has 1 aromatic rings. The van der Waals surface area contributed by atoms with E-state index in [9.17, 15) is 0 Å². The van der Waals surface area contributed by atoms with E-state index in [-0.39, 0.29) is 0 Å². The molecule has 0 heterocycles. The molecule has 2 heteroatoms. The minimum atomic E-state index is 0.798. The Kier molecular flexibility index (Phi) is 4.16. The highest BCUT2D eigenvalue weighted by atomic mass is 32.2. The van der Waals surface area contributed by atoms with E-state index >= 15 is 0 Å². The largest absolute Gasteiger partial charge is 0.492 e. The van der Waals surface area contributed by atoms with Crippen LogP contribution in [0.2, 0.25) is 0 Å². The highest BCUT2D eigenvalue weighted by Crippen LogP contribution is 2.22. The van der Waals surface area contributed by atoms with Gasteiger partial charge in [-0.05, 0) is 31.2 Å². The van der Waals surface area contributed by atoms with Gasteiger partial charge in [0, 0.05) is 5.75 Å². The van der Waals surface area contributed by atoms with Crippen LogP contribution in [-0.2, 0) is 0 Å². The Balaban J connectivity index is 2.64. The second-order valence-electron chi connectivity index (χ2n) is 3.06. The topological polar surface area (TPSA) is 9.23 Å². The van der Waals surface area contributed by atoms with Gasteiger partial charge in [-0.3, -0.25) is 0 Å². The average molecular weight is 196 g/mol. The zero-order valence-electron chi connectivity index (χ0n) is 8.46. The maximum absolute atomic E-state index is 5.69. The third kappa shape index (κ3) is 2.96.